The molecule has 0 aliphatic carbocycles. The van der Waals surface area contributed by atoms with E-state index >= 15 is 0 Å². The quantitative estimate of drug-likeness (QED) is 0.857. The summed E-state index contributed by atoms with van der Waals surface area (Å²) in [6.45, 7) is 3.24. The summed E-state index contributed by atoms with van der Waals surface area (Å²) in [5, 5.41) is 3.77. The van der Waals surface area contributed by atoms with Gasteiger partial charge in [-0.25, -0.2) is 4.98 Å². The van der Waals surface area contributed by atoms with E-state index in [0.717, 1.165) is 11.5 Å². The molecule has 0 aromatic carbocycles. The van der Waals surface area contributed by atoms with Crippen molar-refractivity contribution in [3.63, 3.8) is 0 Å². The Morgan fingerprint density at radius 2 is 2.22 bits per heavy atom. The first-order valence-corrected chi connectivity index (χ1v) is 7.53. The van der Waals surface area contributed by atoms with Gasteiger partial charge in [0.25, 0.3) is 5.91 Å². The fraction of sp³-hybridized carbons (Fsp3) is 0.438. The van der Waals surface area contributed by atoms with Gasteiger partial charge in [-0.05, 0) is 19.1 Å². The maximum Gasteiger partial charge on any atom is 0.292 e. The van der Waals surface area contributed by atoms with Crippen LogP contribution in [0, 0.1) is 6.92 Å². The van der Waals surface area contributed by atoms with E-state index in [0.29, 0.717) is 25.4 Å². The molecular weight excluding hydrogens is 296 g/mol. The molecule has 1 saturated heterocycles. The molecule has 1 fully saturated rings. The highest BCUT2D eigenvalue weighted by molar-refractivity contribution is 5.91. The fourth-order valence-electron chi connectivity index (χ4n) is 2.50. The number of aromatic nitrogens is 2. The lowest BCUT2D eigenvalue weighted by molar-refractivity contribution is -0.0258. The summed E-state index contributed by atoms with van der Waals surface area (Å²) in [6.07, 6.45) is -0.239. The maximum atomic E-state index is 12.5. The van der Waals surface area contributed by atoms with Crippen LogP contribution in [0.25, 0.3) is 0 Å². The lowest BCUT2D eigenvalue weighted by Gasteiger charge is -2.32. The van der Waals surface area contributed by atoms with Gasteiger partial charge in [0.05, 0.1) is 24.5 Å². The number of nitrogens with zero attached hydrogens (tertiary/aromatic N) is 4. The van der Waals surface area contributed by atoms with Gasteiger partial charge in [0, 0.05) is 26.7 Å². The summed E-state index contributed by atoms with van der Waals surface area (Å²) in [7, 11) is 3.88. The third kappa shape index (κ3) is 3.34. The molecule has 3 heterocycles. The van der Waals surface area contributed by atoms with Crippen molar-refractivity contribution in [2.24, 2.45) is 0 Å². The van der Waals surface area contributed by atoms with Crippen LogP contribution in [-0.2, 0) is 4.74 Å². The van der Waals surface area contributed by atoms with Crippen molar-refractivity contribution in [1.29, 1.82) is 0 Å². The van der Waals surface area contributed by atoms with E-state index in [-0.39, 0.29) is 17.8 Å². The molecule has 2 aromatic rings. The van der Waals surface area contributed by atoms with Crippen LogP contribution in [0.2, 0.25) is 0 Å². The van der Waals surface area contributed by atoms with Crippen molar-refractivity contribution in [3.05, 3.63) is 41.4 Å². The Hall–Kier alpha value is -2.41. The first-order chi connectivity index (χ1) is 11.0. The van der Waals surface area contributed by atoms with Gasteiger partial charge in [0.2, 0.25) is 5.76 Å². The van der Waals surface area contributed by atoms with Gasteiger partial charge in [-0.15, -0.1) is 0 Å². The predicted octanol–water partition coefficient (Wildman–Crippen LogP) is 1.66. The Morgan fingerprint density at radius 1 is 1.39 bits per heavy atom. The third-order valence-electron chi connectivity index (χ3n) is 3.74. The summed E-state index contributed by atoms with van der Waals surface area (Å²) in [5.74, 6) is 0.959. The van der Waals surface area contributed by atoms with Crippen molar-refractivity contribution in [1.82, 2.24) is 15.0 Å². The maximum absolute atomic E-state index is 12.5. The number of aryl methyl sites for hydroxylation is 1. The van der Waals surface area contributed by atoms with Crippen LogP contribution in [0.15, 0.2) is 28.8 Å². The van der Waals surface area contributed by atoms with Crippen LogP contribution in [-0.4, -0.2) is 54.7 Å². The number of ether oxygens (including phenoxy) is 1. The molecule has 1 aliphatic heterocycles. The number of carbonyl (C=O) groups excluding carboxylic acids is 1. The molecule has 7 heteroatoms. The monoisotopic (exact) mass is 316 g/mol. The molecular formula is C16H20N4O3. The highest BCUT2D eigenvalue weighted by atomic mass is 16.5. The lowest BCUT2D eigenvalue weighted by Crippen LogP contribution is -2.42. The fourth-order valence-corrected chi connectivity index (χ4v) is 2.50. The molecule has 23 heavy (non-hydrogen) atoms. The van der Waals surface area contributed by atoms with Gasteiger partial charge in [0.1, 0.15) is 11.9 Å². The molecule has 1 atom stereocenters. The molecule has 0 spiro atoms. The second kappa shape index (κ2) is 6.37. The van der Waals surface area contributed by atoms with Crippen molar-refractivity contribution in [2.45, 2.75) is 13.0 Å². The number of hydrogen-bond acceptors (Lipinski definition) is 6. The molecule has 1 unspecified atom stereocenters. The Labute approximate surface area is 134 Å². The molecule has 122 valence electrons. The van der Waals surface area contributed by atoms with E-state index in [9.17, 15) is 4.79 Å². The molecule has 0 bridgehead atoms. The Bertz CT molecular complexity index is 698. The number of pyridine rings is 1. The average Bonchev–Trinajstić information content (AvgIpc) is 3.01. The van der Waals surface area contributed by atoms with Gasteiger partial charge in [-0.3, -0.25) is 4.79 Å². The number of amides is 1. The smallest absolute Gasteiger partial charge is 0.292 e. The third-order valence-corrected chi connectivity index (χ3v) is 3.74. The number of hydrogen-bond donors (Lipinski definition) is 0. The zero-order valence-electron chi connectivity index (χ0n) is 13.5. The Balaban J connectivity index is 1.75. The Kier molecular flexibility index (Phi) is 4.29. The van der Waals surface area contributed by atoms with E-state index in [2.05, 4.69) is 10.1 Å². The minimum atomic E-state index is -0.239. The van der Waals surface area contributed by atoms with E-state index < -0.39 is 0 Å². The predicted molar refractivity (Wildman–Crippen MR) is 84.4 cm³/mol. The zero-order chi connectivity index (χ0) is 16.4. The lowest BCUT2D eigenvalue weighted by atomic mass is 10.1. The summed E-state index contributed by atoms with van der Waals surface area (Å²) >= 11 is 0. The SMILES string of the molecule is Cc1cc(C(=O)N2CCOC(c3cccc(N(C)C)n3)C2)on1. The molecule has 1 amide bonds. The molecule has 0 saturated carbocycles. The van der Waals surface area contributed by atoms with Crippen LogP contribution >= 0.6 is 0 Å². The van der Waals surface area contributed by atoms with Crippen molar-refractivity contribution in [3.8, 4) is 0 Å². The van der Waals surface area contributed by atoms with E-state index in [1.807, 2.05) is 37.2 Å². The number of anilines is 1. The topological polar surface area (TPSA) is 71.7 Å². The van der Waals surface area contributed by atoms with E-state index in [1.165, 1.54) is 0 Å². The van der Waals surface area contributed by atoms with Gasteiger partial charge in [-0.2, -0.15) is 0 Å². The minimum Gasteiger partial charge on any atom is -0.368 e. The van der Waals surface area contributed by atoms with Crippen molar-refractivity contribution in [2.75, 3.05) is 38.7 Å². The van der Waals surface area contributed by atoms with Gasteiger partial charge in [-0.1, -0.05) is 11.2 Å². The van der Waals surface area contributed by atoms with E-state index in [4.69, 9.17) is 9.26 Å². The van der Waals surface area contributed by atoms with Gasteiger partial charge >= 0.3 is 0 Å². The van der Waals surface area contributed by atoms with E-state index in [1.54, 1.807) is 17.9 Å². The molecule has 3 rings (SSSR count). The first kappa shape index (κ1) is 15.5. The largest absolute Gasteiger partial charge is 0.368 e. The van der Waals surface area contributed by atoms with Crippen LogP contribution in [0.4, 0.5) is 5.82 Å². The van der Waals surface area contributed by atoms with Crippen molar-refractivity contribution < 1.29 is 14.1 Å². The second-order valence-corrected chi connectivity index (χ2v) is 5.76. The second-order valence-electron chi connectivity index (χ2n) is 5.76. The van der Waals surface area contributed by atoms with Gasteiger partial charge < -0.3 is 19.1 Å². The van der Waals surface area contributed by atoms with Gasteiger partial charge in [0.15, 0.2) is 0 Å². The molecule has 7 nitrogen and oxygen atoms in total. The van der Waals surface area contributed by atoms with Crippen LogP contribution in [0.1, 0.15) is 28.0 Å². The molecule has 0 N–H and O–H groups in total. The van der Waals surface area contributed by atoms with Crippen LogP contribution < -0.4 is 4.90 Å². The summed E-state index contributed by atoms with van der Waals surface area (Å²) < 4.78 is 10.9. The molecule has 0 radical (unpaired) electrons. The molecule has 1 aliphatic rings. The minimum absolute atomic E-state index is 0.164. The summed E-state index contributed by atoms with van der Waals surface area (Å²) in [6, 6.07) is 7.45. The number of morpholine rings is 1. The zero-order valence-corrected chi connectivity index (χ0v) is 13.5. The number of carbonyl (C=O) groups is 1. The highest BCUT2D eigenvalue weighted by Crippen LogP contribution is 2.23. The standard InChI is InChI=1S/C16H20N4O3/c1-11-9-13(23-18-11)16(21)20-7-8-22-14(10-20)12-5-4-6-15(17-12)19(2)3/h4-6,9,14H,7-8,10H2,1-3H3. The van der Waals surface area contributed by atoms with Crippen LogP contribution in [0.5, 0.6) is 0 Å². The number of rotatable bonds is 3. The normalized spacial score (nSPS) is 18.0. The molecule has 2 aromatic heterocycles. The summed E-state index contributed by atoms with van der Waals surface area (Å²) in [4.78, 5) is 20.7. The average molecular weight is 316 g/mol. The van der Waals surface area contributed by atoms with Crippen LogP contribution in [0.3, 0.4) is 0 Å². The Morgan fingerprint density at radius 3 is 2.91 bits per heavy atom. The first-order valence-electron chi connectivity index (χ1n) is 7.53. The van der Waals surface area contributed by atoms with Crippen molar-refractivity contribution >= 4 is 11.7 Å². The highest BCUT2D eigenvalue weighted by Gasteiger charge is 2.29. The summed E-state index contributed by atoms with van der Waals surface area (Å²) in [5.41, 5.74) is 1.51.